The van der Waals surface area contributed by atoms with Gasteiger partial charge in [-0.2, -0.15) is 0 Å². The van der Waals surface area contributed by atoms with Gasteiger partial charge in [-0.25, -0.2) is 0 Å². The Balaban J connectivity index is 1.93. The lowest BCUT2D eigenvalue weighted by molar-refractivity contribution is -0.157. The van der Waals surface area contributed by atoms with Crippen LogP contribution in [0.3, 0.4) is 0 Å². The molecule has 2 rings (SSSR count). The number of rotatable bonds is 6. The van der Waals surface area contributed by atoms with Crippen molar-refractivity contribution in [3.8, 4) is 0 Å². The summed E-state index contributed by atoms with van der Waals surface area (Å²) < 4.78 is 5.73. The van der Waals surface area contributed by atoms with E-state index in [2.05, 4.69) is 0 Å². The number of carbonyl (C=O) groups excluding carboxylic acids is 1. The molecular weight excluding hydrogens is 306 g/mol. The zero-order valence-corrected chi connectivity index (χ0v) is 14.7. The number of carboxylic acids is 1. The maximum atomic E-state index is 12.8. The lowest BCUT2D eigenvalue weighted by atomic mass is 9.80. The fraction of sp³-hybridized carbons (Fsp3) is 0.579. The van der Waals surface area contributed by atoms with Crippen LogP contribution in [-0.4, -0.2) is 41.6 Å². The molecule has 132 valence electrons. The van der Waals surface area contributed by atoms with Gasteiger partial charge >= 0.3 is 5.97 Å². The largest absolute Gasteiger partial charge is 0.481 e. The molecule has 5 heteroatoms. The highest BCUT2D eigenvalue weighted by atomic mass is 16.5. The first-order valence-corrected chi connectivity index (χ1v) is 8.39. The Bertz CT molecular complexity index is 584. The highest BCUT2D eigenvalue weighted by Crippen LogP contribution is 2.32. The average molecular weight is 333 g/mol. The lowest BCUT2D eigenvalue weighted by Crippen LogP contribution is -2.52. The quantitative estimate of drug-likeness (QED) is 0.869. The molecule has 1 aliphatic heterocycles. The van der Waals surface area contributed by atoms with E-state index in [1.165, 1.54) is 0 Å². The summed E-state index contributed by atoms with van der Waals surface area (Å²) in [6, 6.07) is 9.83. The summed E-state index contributed by atoms with van der Waals surface area (Å²) in [6.45, 7) is 7.08. The van der Waals surface area contributed by atoms with Crippen LogP contribution in [0.5, 0.6) is 0 Å². The van der Waals surface area contributed by atoms with Crippen molar-refractivity contribution in [1.29, 1.82) is 0 Å². The molecule has 1 fully saturated rings. The van der Waals surface area contributed by atoms with Crippen molar-refractivity contribution in [2.75, 3.05) is 19.7 Å². The van der Waals surface area contributed by atoms with Gasteiger partial charge in [0.1, 0.15) is 0 Å². The van der Waals surface area contributed by atoms with Crippen LogP contribution in [0.2, 0.25) is 0 Å². The number of hydrogen-bond acceptors (Lipinski definition) is 3. The van der Waals surface area contributed by atoms with Crippen molar-refractivity contribution in [3.05, 3.63) is 35.9 Å². The highest BCUT2D eigenvalue weighted by Gasteiger charge is 2.42. The SMILES string of the molecule is CC(C)(COCc1ccccc1)C(=O)N1CCCC(C)(C(=O)O)C1. The summed E-state index contributed by atoms with van der Waals surface area (Å²) in [6.07, 6.45) is 1.33. The van der Waals surface area contributed by atoms with Gasteiger partial charge in [0.2, 0.25) is 5.91 Å². The molecule has 1 saturated heterocycles. The number of hydrogen-bond donors (Lipinski definition) is 1. The third-order valence-electron chi connectivity index (χ3n) is 4.65. The van der Waals surface area contributed by atoms with Crippen molar-refractivity contribution >= 4 is 11.9 Å². The monoisotopic (exact) mass is 333 g/mol. The fourth-order valence-corrected chi connectivity index (χ4v) is 3.08. The van der Waals surface area contributed by atoms with E-state index in [0.717, 1.165) is 12.0 Å². The maximum Gasteiger partial charge on any atom is 0.311 e. The van der Waals surface area contributed by atoms with E-state index in [1.807, 2.05) is 44.2 Å². The predicted molar refractivity (Wildman–Crippen MR) is 91.4 cm³/mol. The Morgan fingerprint density at radius 3 is 2.58 bits per heavy atom. The summed E-state index contributed by atoms with van der Waals surface area (Å²) in [5, 5.41) is 9.40. The smallest absolute Gasteiger partial charge is 0.311 e. The number of aliphatic carboxylic acids is 1. The number of carboxylic acid groups (broad SMARTS) is 1. The van der Waals surface area contributed by atoms with E-state index in [-0.39, 0.29) is 12.5 Å². The van der Waals surface area contributed by atoms with Gasteiger partial charge in [0.05, 0.1) is 24.0 Å². The second kappa shape index (κ2) is 7.34. The Kier molecular flexibility index (Phi) is 5.65. The minimum absolute atomic E-state index is 0.0391. The van der Waals surface area contributed by atoms with E-state index >= 15 is 0 Å². The van der Waals surface area contributed by atoms with Crippen LogP contribution in [0.4, 0.5) is 0 Å². The van der Waals surface area contributed by atoms with Crippen molar-refractivity contribution in [2.24, 2.45) is 10.8 Å². The first-order valence-electron chi connectivity index (χ1n) is 8.39. The van der Waals surface area contributed by atoms with Crippen LogP contribution in [0.25, 0.3) is 0 Å². The second-order valence-corrected chi connectivity index (χ2v) is 7.56. The van der Waals surface area contributed by atoms with Crippen LogP contribution < -0.4 is 0 Å². The number of likely N-dealkylation sites (tertiary alicyclic amines) is 1. The zero-order valence-electron chi connectivity index (χ0n) is 14.7. The van der Waals surface area contributed by atoms with Crippen molar-refractivity contribution in [2.45, 2.75) is 40.2 Å². The standard InChI is InChI=1S/C19H27NO4/c1-18(2,14-24-12-15-8-5-4-6-9-15)16(21)20-11-7-10-19(3,13-20)17(22)23/h4-6,8-9H,7,10-14H2,1-3H3,(H,22,23). The molecule has 0 spiro atoms. The Morgan fingerprint density at radius 1 is 1.29 bits per heavy atom. The predicted octanol–water partition coefficient (Wildman–Crippen LogP) is 2.94. The number of piperidine rings is 1. The van der Waals surface area contributed by atoms with Crippen LogP contribution in [0.1, 0.15) is 39.2 Å². The van der Waals surface area contributed by atoms with E-state index in [0.29, 0.717) is 26.2 Å². The van der Waals surface area contributed by atoms with Gasteiger partial charge in [0.25, 0.3) is 0 Å². The van der Waals surface area contributed by atoms with Crippen molar-refractivity contribution < 1.29 is 19.4 Å². The summed E-state index contributed by atoms with van der Waals surface area (Å²) >= 11 is 0. The number of benzene rings is 1. The molecule has 1 N–H and O–H groups in total. The lowest BCUT2D eigenvalue weighted by Gasteiger charge is -2.40. The minimum Gasteiger partial charge on any atom is -0.481 e. The summed E-state index contributed by atoms with van der Waals surface area (Å²) in [4.78, 5) is 26.0. The van der Waals surface area contributed by atoms with Gasteiger partial charge in [0, 0.05) is 13.1 Å². The summed E-state index contributed by atoms with van der Waals surface area (Å²) in [5.41, 5.74) is -0.461. The Hall–Kier alpha value is -1.88. The van der Waals surface area contributed by atoms with Gasteiger partial charge in [-0.1, -0.05) is 30.3 Å². The third-order valence-corrected chi connectivity index (χ3v) is 4.65. The minimum atomic E-state index is -0.852. The molecule has 1 aromatic carbocycles. The summed E-state index contributed by atoms with van der Waals surface area (Å²) in [5.74, 6) is -0.874. The van der Waals surface area contributed by atoms with E-state index < -0.39 is 16.8 Å². The van der Waals surface area contributed by atoms with Gasteiger partial charge in [0.15, 0.2) is 0 Å². The summed E-state index contributed by atoms with van der Waals surface area (Å²) in [7, 11) is 0. The van der Waals surface area contributed by atoms with E-state index in [9.17, 15) is 14.7 Å². The highest BCUT2D eigenvalue weighted by molar-refractivity contribution is 5.83. The third kappa shape index (κ3) is 4.35. The van der Waals surface area contributed by atoms with Crippen molar-refractivity contribution in [3.63, 3.8) is 0 Å². The second-order valence-electron chi connectivity index (χ2n) is 7.56. The number of amides is 1. The maximum absolute atomic E-state index is 12.8. The van der Waals surface area contributed by atoms with Crippen LogP contribution >= 0.6 is 0 Å². The molecule has 0 aliphatic carbocycles. The number of carbonyl (C=O) groups is 2. The van der Waals surface area contributed by atoms with Crippen LogP contribution in [0, 0.1) is 10.8 Å². The topological polar surface area (TPSA) is 66.8 Å². The molecule has 1 heterocycles. The first-order chi connectivity index (χ1) is 11.2. The normalized spacial score (nSPS) is 21.5. The van der Waals surface area contributed by atoms with Gasteiger partial charge in [-0.15, -0.1) is 0 Å². The molecule has 0 radical (unpaired) electrons. The molecular formula is C19H27NO4. The molecule has 0 aromatic heterocycles. The van der Waals surface area contributed by atoms with Crippen LogP contribution in [-0.2, 0) is 20.9 Å². The van der Waals surface area contributed by atoms with Gasteiger partial charge in [-0.3, -0.25) is 9.59 Å². The molecule has 5 nitrogen and oxygen atoms in total. The average Bonchev–Trinajstić information content (AvgIpc) is 2.55. The molecule has 1 aliphatic rings. The molecule has 1 amide bonds. The first kappa shape index (κ1) is 18.5. The molecule has 0 saturated carbocycles. The molecule has 1 unspecified atom stereocenters. The molecule has 0 bridgehead atoms. The Morgan fingerprint density at radius 2 is 1.96 bits per heavy atom. The van der Waals surface area contributed by atoms with E-state index in [1.54, 1.807) is 11.8 Å². The van der Waals surface area contributed by atoms with Gasteiger partial charge < -0.3 is 14.7 Å². The Labute approximate surface area is 143 Å². The molecule has 1 aromatic rings. The molecule has 1 atom stereocenters. The zero-order chi connectivity index (χ0) is 17.8. The number of nitrogens with zero attached hydrogens (tertiary/aromatic N) is 1. The van der Waals surface area contributed by atoms with Crippen LogP contribution in [0.15, 0.2) is 30.3 Å². The van der Waals surface area contributed by atoms with Gasteiger partial charge in [-0.05, 0) is 39.2 Å². The number of ether oxygens (including phenoxy) is 1. The fourth-order valence-electron chi connectivity index (χ4n) is 3.08. The molecule has 24 heavy (non-hydrogen) atoms. The van der Waals surface area contributed by atoms with E-state index in [4.69, 9.17) is 4.74 Å². The van der Waals surface area contributed by atoms with Crippen molar-refractivity contribution in [1.82, 2.24) is 4.90 Å².